The standard InChI is InChI=1S/C18H18N2O4/c1-13-6-7-16(20(22)23)17(10-13)24-12-18(21)19-9-8-14-4-2-3-5-15(14)11-19/h2-7,10H,8-9,11-12H2,1H3. The minimum Gasteiger partial charge on any atom is -0.477 e. The summed E-state index contributed by atoms with van der Waals surface area (Å²) in [6.07, 6.45) is 0.812. The second kappa shape index (κ2) is 6.70. The maximum Gasteiger partial charge on any atom is 0.310 e. The lowest BCUT2D eigenvalue weighted by atomic mass is 10.00. The highest BCUT2D eigenvalue weighted by molar-refractivity contribution is 5.78. The van der Waals surface area contributed by atoms with Crippen molar-refractivity contribution < 1.29 is 14.5 Å². The highest BCUT2D eigenvalue weighted by atomic mass is 16.6. The molecule has 1 amide bonds. The SMILES string of the molecule is Cc1ccc([N+](=O)[O-])c(OCC(=O)N2CCc3ccccc3C2)c1. The third-order valence-electron chi connectivity index (χ3n) is 4.15. The van der Waals surface area contributed by atoms with E-state index in [-0.39, 0.29) is 24.0 Å². The predicted molar refractivity (Wildman–Crippen MR) is 88.9 cm³/mol. The van der Waals surface area contributed by atoms with E-state index in [1.807, 2.05) is 25.1 Å². The molecule has 6 heteroatoms. The van der Waals surface area contributed by atoms with E-state index in [2.05, 4.69) is 6.07 Å². The molecule has 1 aliphatic rings. The zero-order valence-electron chi connectivity index (χ0n) is 13.4. The maximum absolute atomic E-state index is 12.4. The molecule has 6 nitrogen and oxygen atoms in total. The molecular formula is C18H18N2O4. The lowest BCUT2D eigenvalue weighted by molar-refractivity contribution is -0.385. The van der Waals surface area contributed by atoms with Crippen molar-refractivity contribution in [2.45, 2.75) is 19.9 Å². The number of rotatable bonds is 4. The highest BCUT2D eigenvalue weighted by Crippen LogP contribution is 2.28. The van der Waals surface area contributed by atoms with Gasteiger partial charge in [-0.15, -0.1) is 0 Å². The van der Waals surface area contributed by atoms with Gasteiger partial charge in [-0.3, -0.25) is 14.9 Å². The Morgan fingerprint density at radius 1 is 1.25 bits per heavy atom. The third-order valence-corrected chi connectivity index (χ3v) is 4.15. The van der Waals surface area contributed by atoms with E-state index >= 15 is 0 Å². The summed E-state index contributed by atoms with van der Waals surface area (Å²) in [5.74, 6) is -0.0360. The molecule has 0 bridgehead atoms. The first kappa shape index (κ1) is 16.0. The number of carbonyl (C=O) groups is 1. The second-order valence-corrected chi connectivity index (χ2v) is 5.85. The topological polar surface area (TPSA) is 72.7 Å². The van der Waals surface area contributed by atoms with E-state index in [4.69, 9.17) is 4.74 Å². The molecule has 0 N–H and O–H groups in total. The number of hydrogen-bond donors (Lipinski definition) is 0. The summed E-state index contributed by atoms with van der Waals surface area (Å²) < 4.78 is 5.45. The van der Waals surface area contributed by atoms with Crippen LogP contribution in [0.5, 0.6) is 5.75 Å². The number of hydrogen-bond acceptors (Lipinski definition) is 4. The average Bonchev–Trinajstić information content (AvgIpc) is 2.59. The fraction of sp³-hybridized carbons (Fsp3) is 0.278. The van der Waals surface area contributed by atoms with Crippen LogP contribution in [0.3, 0.4) is 0 Å². The van der Waals surface area contributed by atoms with Gasteiger partial charge in [-0.1, -0.05) is 30.3 Å². The number of ether oxygens (including phenoxy) is 1. The fourth-order valence-corrected chi connectivity index (χ4v) is 2.83. The normalized spacial score (nSPS) is 13.3. The van der Waals surface area contributed by atoms with E-state index in [1.54, 1.807) is 17.0 Å². The predicted octanol–water partition coefficient (Wildman–Crippen LogP) is 2.87. The number of nitrogens with zero attached hydrogens (tertiary/aromatic N) is 2. The zero-order chi connectivity index (χ0) is 17.1. The summed E-state index contributed by atoms with van der Waals surface area (Å²) in [5, 5.41) is 11.0. The van der Waals surface area contributed by atoms with Crippen LogP contribution in [0.4, 0.5) is 5.69 Å². The molecule has 1 aliphatic heterocycles. The van der Waals surface area contributed by atoms with Crippen molar-refractivity contribution in [2.75, 3.05) is 13.2 Å². The van der Waals surface area contributed by atoms with Crippen LogP contribution in [0.15, 0.2) is 42.5 Å². The van der Waals surface area contributed by atoms with Crippen LogP contribution >= 0.6 is 0 Å². The second-order valence-electron chi connectivity index (χ2n) is 5.85. The van der Waals surface area contributed by atoms with Crippen LogP contribution in [0.1, 0.15) is 16.7 Å². The largest absolute Gasteiger partial charge is 0.477 e. The summed E-state index contributed by atoms with van der Waals surface area (Å²) in [6, 6.07) is 12.7. The Kier molecular flexibility index (Phi) is 4.46. The van der Waals surface area contributed by atoms with Gasteiger partial charge in [0.05, 0.1) is 4.92 Å². The Labute approximate surface area is 139 Å². The number of aryl methyl sites for hydroxylation is 1. The van der Waals surface area contributed by atoms with Gasteiger partial charge < -0.3 is 9.64 Å². The van der Waals surface area contributed by atoms with Gasteiger partial charge in [0.1, 0.15) is 0 Å². The lowest BCUT2D eigenvalue weighted by Crippen LogP contribution is -2.38. The molecule has 0 fully saturated rings. The van der Waals surface area contributed by atoms with Crippen molar-refractivity contribution in [2.24, 2.45) is 0 Å². The Bertz CT molecular complexity index is 788. The van der Waals surface area contributed by atoms with Gasteiger partial charge in [0.2, 0.25) is 0 Å². The molecule has 0 aromatic heterocycles. The first-order valence-electron chi connectivity index (χ1n) is 7.77. The molecule has 0 spiro atoms. The van der Waals surface area contributed by atoms with Gasteiger partial charge in [-0.25, -0.2) is 0 Å². The van der Waals surface area contributed by atoms with Crippen LogP contribution in [0.25, 0.3) is 0 Å². The van der Waals surface area contributed by atoms with Crippen LogP contribution in [0, 0.1) is 17.0 Å². The molecular weight excluding hydrogens is 308 g/mol. The number of benzene rings is 2. The number of nitro groups is 1. The van der Waals surface area contributed by atoms with Gasteiger partial charge in [-0.05, 0) is 36.1 Å². The monoisotopic (exact) mass is 326 g/mol. The van der Waals surface area contributed by atoms with Crippen molar-refractivity contribution >= 4 is 11.6 Å². The van der Waals surface area contributed by atoms with E-state index in [0.29, 0.717) is 13.1 Å². The van der Waals surface area contributed by atoms with Crippen molar-refractivity contribution in [1.82, 2.24) is 4.90 Å². The minimum atomic E-state index is -0.504. The molecule has 124 valence electrons. The smallest absolute Gasteiger partial charge is 0.310 e. The van der Waals surface area contributed by atoms with Crippen LogP contribution in [0.2, 0.25) is 0 Å². The summed E-state index contributed by atoms with van der Waals surface area (Å²) in [4.78, 5) is 24.6. The first-order valence-corrected chi connectivity index (χ1v) is 7.77. The van der Waals surface area contributed by atoms with E-state index in [9.17, 15) is 14.9 Å². The van der Waals surface area contributed by atoms with Crippen molar-refractivity contribution in [1.29, 1.82) is 0 Å². The number of fused-ring (bicyclic) bond motifs is 1. The molecule has 0 atom stereocenters. The zero-order valence-corrected chi connectivity index (χ0v) is 13.4. The summed E-state index contributed by atoms with van der Waals surface area (Å²) in [6.45, 7) is 2.80. The van der Waals surface area contributed by atoms with Crippen molar-refractivity contribution in [3.05, 3.63) is 69.3 Å². The van der Waals surface area contributed by atoms with Gasteiger partial charge in [0.25, 0.3) is 5.91 Å². The number of nitro benzene ring substituents is 1. The molecule has 2 aromatic rings. The first-order chi connectivity index (χ1) is 11.5. The fourth-order valence-electron chi connectivity index (χ4n) is 2.83. The van der Waals surface area contributed by atoms with E-state index < -0.39 is 4.92 Å². The van der Waals surface area contributed by atoms with Crippen molar-refractivity contribution in [3.8, 4) is 5.75 Å². The number of amides is 1. The third kappa shape index (κ3) is 3.37. The van der Waals surface area contributed by atoms with Gasteiger partial charge in [0, 0.05) is 19.2 Å². The highest BCUT2D eigenvalue weighted by Gasteiger charge is 2.22. The van der Waals surface area contributed by atoms with Crippen LogP contribution in [-0.2, 0) is 17.8 Å². The molecule has 0 aliphatic carbocycles. The van der Waals surface area contributed by atoms with Crippen molar-refractivity contribution in [3.63, 3.8) is 0 Å². The number of carbonyl (C=O) groups excluding carboxylic acids is 1. The quantitative estimate of drug-likeness (QED) is 0.640. The Hall–Kier alpha value is -2.89. The molecule has 0 unspecified atom stereocenters. The Morgan fingerprint density at radius 2 is 2.00 bits per heavy atom. The molecule has 0 saturated heterocycles. The average molecular weight is 326 g/mol. The molecule has 24 heavy (non-hydrogen) atoms. The summed E-state index contributed by atoms with van der Waals surface area (Å²) in [5.41, 5.74) is 3.11. The van der Waals surface area contributed by atoms with Crippen LogP contribution < -0.4 is 4.74 Å². The molecule has 2 aromatic carbocycles. The van der Waals surface area contributed by atoms with Gasteiger partial charge >= 0.3 is 5.69 Å². The van der Waals surface area contributed by atoms with E-state index in [0.717, 1.165) is 17.5 Å². The van der Waals surface area contributed by atoms with E-state index in [1.165, 1.54) is 11.6 Å². The summed E-state index contributed by atoms with van der Waals surface area (Å²) in [7, 11) is 0. The molecule has 3 rings (SSSR count). The Balaban J connectivity index is 1.67. The Morgan fingerprint density at radius 3 is 2.75 bits per heavy atom. The summed E-state index contributed by atoms with van der Waals surface area (Å²) >= 11 is 0. The maximum atomic E-state index is 12.4. The van der Waals surface area contributed by atoms with Gasteiger partial charge in [-0.2, -0.15) is 0 Å². The molecule has 0 radical (unpaired) electrons. The molecule has 0 saturated carbocycles. The lowest BCUT2D eigenvalue weighted by Gasteiger charge is -2.28. The van der Waals surface area contributed by atoms with Crippen LogP contribution in [-0.4, -0.2) is 28.9 Å². The van der Waals surface area contributed by atoms with Gasteiger partial charge in [0.15, 0.2) is 12.4 Å². The minimum absolute atomic E-state index is 0.127. The molecule has 1 heterocycles.